The van der Waals surface area contributed by atoms with Crippen LogP contribution < -0.4 is 0 Å². The van der Waals surface area contributed by atoms with E-state index >= 15 is 0 Å². The molecule has 4 nitrogen and oxygen atoms in total. The fraction of sp³-hybridized carbons (Fsp3) is 0.333. The normalized spacial score (nSPS) is 11.7. The van der Waals surface area contributed by atoms with Gasteiger partial charge in [0, 0.05) is 18.0 Å². The Morgan fingerprint density at radius 1 is 1.04 bits per heavy atom. The first-order valence-electron chi connectivity index (χ1n) is 8.75. The number of carbonyl (C=O) groups excluding carboxylic acids is 2. The molecule has 2 aromatic carbocycles. The highest BCUT2D eigenvalue weighted by molar-refractivity contribution is 6.30. The molecule has 1 amide bonds. The van der Waals surface area contributed by atoms with Crippen molar-refractivity contribution >= 4 is 23.5 Å². The van der Waals surface area contributed by atoms with Crippen molar-refractivity contribution in [2.24, 2.45) is 0 Å². The Morgan fingerprint density at radius 3 is 2.31 bits per heavy atom. The van der Waals surface area contributed by atoms with Gasteiger partial charge in [-0.2, -0.15) is 0 Å². The van der Waals surface area contributed by atoms with E-state index in [1.54, 1.807) is 18.7 Å². The van der Waals surface area contributed by atoms with E-state index in [1.165, 1.54) is 0 Å². The average Bonchev–Trinajstić information content (AvgIpc) is 2.66. The molecule has 0 heterocycles. The van der Waals surface area contributed by atoms with Gasteiger partial charge in [0.1, 0.15) is 6.04 Å². The molecule has 2 rings (SSSR count). The Morgan fingerprint density at radius 2 is 1.69 bits per heavy atom. The smallest absolute Gasteiger partial charge is 0.328 e. The predicted octanol–water partition coefficient (Wildman–Crippen LogP) is 4.25. The summed E-state index contributed by atoms with van der Waals surface area (Å²) in [6, 6.07) is 16.4. The number of hydrogen-bond donors (Lipinski definition) is 0. The van der Waals surface area contributed by atoms with Crippen molar-refractivity contribution in [1.82, 2.24) is 4.90 Å². The molecule has 1 atom stereocenters. The number of aryl methyl sites for hydroxylation is 1. The van der Waals surface area contributed by atoms with Crippen molar-refractivity contribution in [2.75, 3.05) is 6.61 Å². The summed E-state index contributed by atoms with van der Waals surface area (Å²) in [5.41, 5.74) is 2.01. The zero-order valence-electron chi connectivity index (χ0n) is 15.2. The van der Waals surface area contributed by atoms with Crippen LogP contribution in [0.3, 0.4) is 0 Å². The third kappa shape index (κ3) is 5.88. The Hall–Kier alpha value is -2.33. The molecule has 0 bridgehead atoms. The molecular formula is C21H24ClNO3. The van der Waals surface area contributed by atoms with Gasteiger partial charge in [0.2, 0.25) is 5.91 Å². The molecule has 0 radical (unpaired) electrons. The average molecular weight is 374 g/mol. The molecule has 0 aliphatic carbocycles. The first-order chi connectivity index (χ1) is 12.5. The van der Waals surface area contributed by atoms with Crippen LogP contribution in [0.2, 0.25) is 5.02 Å². The predicted molar refractivity (Wildman–Crippen MR) is 103 cm³/mol. The van der Waals surface area contributed by atoms with Crippen LogP contribution in [-0.2, 0) is 27.3 Å². The number of carbonyl (C=O) groups is 2. The van der Waals surface area contributed by atoms with Crippen LogP contribution in [-0.4, -0.2) is 29.4 Å². The number of ether oxygens (including phenoxy) is 1. The highest BCUT2D eigenvalue weighted by atomic mass is 35.5. The second kappa shape index (κ2) is 9.97. The summed E-state index contributed by atoms with van der Waals surface area (Å²) in [7, 11) is 0. The largest absolute Gasteiger partial charge is 0.464 e. The van der Waals surface area contributed by atoms with E-state index in [1.807, 2.05) is 54.6 Å². The van der Waals surface area contributed by atoms with Crippen LogP contribution in [0.1, 0.15) is 31.4 Å². The van der Waals surface area contributed by atoms with Crippen molar-refractivity contribution in [2.45, 2.75) is 39.3 Å². The molecule has 26 heavy (non-hydrogen) atoms. The van der Waals surface area contributed by atoms with E-state index in [2.05, 4.69) is 0 Å². The van der Waals surface area contributed by atoms with Gasteiger partial charge in [0.05, 0.1) is 6.61 Å². The number of esters is 1. The molecule has 0 aliphatic heterocycles. The van der Waals surface area contributed by atoms with Gasteiger partial charge in [0.25, 0.3) is 0 Å². The second-order valence-corrected chi connectivity index (χ2v) is 6.50. The van der Waals surface area contributed by atoms with Crippen LogP contribution in [0.25, 0.3) is 0 Å². The first-order valence-corrected chi connectivity index (χ1v) is 9.13. The molecule has 0 fully saturated rings. The molecule has 5 heteroatoms. The maximum atomic E-state index is 12.8. The molecular weight excluding hydrogens is 350 g/mol. The molecule has 0 spiro atoms. The number of rotatable bonds is 8. The number of hydrogen-bond acceptors (Lipinski definition) is 3. The van der Waals surface area contributed by atoms with Gasteiger partial charge in [0.15, 0.2) is 0 Å². The summed E-state index contributed by atoms with van der Waals surface area (Å²) >= 11 is 5.89. The minimum absolute atomic E-state index is 0.0793. The van der Waals surface area contributed by atoms with Crippen LogP contribution in [0, 0.1) is 0 Å². The van der Waals surface area contributed by atoms with Crippen LogP contribution in [0.15, 0.2) is 54.6 Å². The Balaban J connectivity index is 2.09. The fourth-order valence-corrected chi connectivity index (χ4v) is 2.78. The van der Waals surface area contributed by atoms with Gasteiger partial charge in [-0.25, -0.2) is 4.79 Å². The van der Waals surface area contributed by atoms with Crippen LogP contribution in [0.4, 0.5) is 0 Å². The Labute approximate surface area is 159 Å². The van der Waals surface area contributed by atoms with E-state index in [0.717, 1.165) is 11.1 Å². The van der Waals surface area contributed by atoms with Crippen LogP contribution in [0.5, 0.6) is 0 Å². The van der Waals surface area contributed by atoms with E-state index in [4.69, 9.17) is 16.3 Å². The highest BCUT2D eigenvalue weighted by Gasteiger charge is 2.26. The van der Waals surface area contributed by atoms with E-state index in [9.17, 15) is 9.59 Å². The lowest BCUT2D eigenvalue weighted by Crippen LogP contribution is -2.43. The van der Waals surface area contributed by atoms with Gasteiger partial charge < -0.3 is 9.64 Å². The topological polar surface area (TPSA) is 46.6 Å². The van der Waals surface area contributed by atoms with Gasteiger partial charge in [-0.3, -0.25) is 4.79 Å². The molecule has 1 unspecified atom stereocenters. The summed E-state index contributed by atoms with van der Waals surface area (Å²) in [5, 5.41) is 0.668. The molecule has 138 valence electrons. The molecule has 0 N–H and O–H groups in total. The summed E-state index contributed by atoms with van der Waals surface area (Å²) in [6.07, 6.45) is 0.912. The lowest BCUT2D eigenvalue weighted by Gasteiger charge is -2.28. The van der Waals surface area contributed by atoms with Gasteiger partial charge in [-0.15, -0.1) is 0 Å². The Bertz CT molecular complexity index is 716. The van der Waals surface area contributed by atoms with Gasteiger partial charge in [-0.1, -0.05) is 54.1 Å². The quantitative estimate of drug-likeness (QED) is 0.650. The number of benzene rings is 2. The third-order valence-electron chi connectivity index (χ3n) is 4.15. The summed E-state index contributed by atoms with van der Waals surface area (Å²) in [6.45, 7) is 4.14. The zero-order valence-corrected chi connectivity index (χ0v) is 15.9. The van der Waals surface area contributed by atoms with Crippen molar-refractivity contribution in [3.8, 4) is 0 Å². The van der Waals surface area contributed by atoms with Gasteiger partial charge in [-0.05, 0) is 43.5 Å². The molecule has 0 aliphatic rings. The van der Waals surface area contributed by atoms with Crippen molar-refractivity contribution < 1.29 is 14.3 Å². The van der Waals surface area contributed by atoms with Crippen molar-refractivity contribution in [1.29, 1.82) is 0 Å². The summed E-state index contributed by atoms with van der Waals surface area (Å²) < 4.78 is 5.10. The van der Waals surface area contributed by atoms with Crippen molar-refractivity contribution in [3.63, 3.8) is 0 Å². The van der Waals surface area contributed by atoms with Crippen LogP contribution >= 0.6 is 11.6 Å². The van der Waals surface area contributed by atoms with E-state index < -0.39 is 6.04 Å². The molecule has 0 aromatic heterocycles. The third-order valence-corrected chi connectivity index (χ3v) is 4.40. The molecule has 0 saturated carbocycles. The van der Waals surface area contributed by atoms with Crippen molar-refractivity contribution in [3.05, 3.63) is 70.7 Å². The monoisotopic (exact) mass is 373 g/mol. The Kier molecular flexibility index (Phi) is 7.67. The molecule has 2 aromatic rings. The van der Waals surface area contributed by atoms with E-state index in [-0.39, 0.29) is 11.9 Å². The minimum atomic E-state index is -0.632. The summed E-state index contributed by atoms with van der Waals surface area (Å²) in [4.78, 5) is 26.6. The SMILES string of the molecule is CCOC(=O)C(C)N(Cc1ccccc1)C(=O)CCc1ccc(Cl)cc1. The maximum absolute atomic E-state index is 12.8. The fourth-order valence-electron chi connectivity index (χ4n) is 2.66. The van der Waals surface area contributed by atoms with Gasteiger partial charge >= 0.3 is 5.97 Å². The lowest BCUT2D eigenvalue weighted by molar-refractivity contribution is -0.154. The number of nitrogens with zero attached hydrogens (tertiary/aromatic N) is 1. The first kappa shape index (κ1) is 20.0. The number of halogens is 1. The zero-order chi connectivity index (χ0) is 18.9. The maximum Gasteiger partial charge on any atom is 0.328 e. The highest BCUT2D eigenvalue weighted by Crippen LogP contribution is 2.15. The lowest BCUT2D eigenvalue weighted by atomic mass is 10.1. The van der Waals surface area contributed by atoms with E-state index in [0.29, 0.717) is 31.0 Å². The second-order valence-electron chi connectivity index (χ2n) is 6.06. The number of amides is 1. The standard InChI is InChI=1S/C21H24ClNO3/c1-3-26-21(25)16(2)23(15-18-7-5-4-6-8-18)20(24)14-11-17-9-12-19(22)13-10-17/h4-10,12-13,16H,3,11,14-15H2,1-2H3. The minimum Gasteiger partial charge on any atom is -0.464 e. The summed E-state index contributed by atoms with van der Waals surface area (Å²) in [5.74, 6) is -0.465. The molecule has 0 saturated heterocycles.